The molecule has 16 heteroatoms. The fourth-order valence-electron chi connectivity index (χ4n) is 6.21. The first-order chi connectivity index (χ1) is 22.9. The van der Waals surface area contributed by atoms with E-state index in [-0.39, 0.29) is 40.7 Å². The van der Waals surface area contributed by atoms with Crippen LogP contribution in [0, 0.1) is 0 Å². The SMILES string of the molecule is CSc1ccc(OC(F)F)c(-c2nn(CC(=O)N3CCC(N4CCn5ccnc5C4)CC3)cc2NC(=O)c2cnn3cccnc23)c1. The first-order valence-electron chi connectivity index (χ1n) is 15.2. The molecule has 7 rings (SSSR count). The normalized spacial score (nSPS) is 15.7. The van der Waals surface area contributed by atoms with Gasteiger partial charge in [0.15, 0.2) is 5.65 Å². The number of fused-ring (bicyclic) bond motifs is 2. The van der Waals surface area contributed by atoms with Crippen molar-refractivity contribution in [3.8, 4) is 17.0 Å². The first-order valence-corrected chi connectivity index (χ1v) is 16.4. The Labute approximate surface area is 272 Å². The number of aromatic nitrogens is 7. The van der Waals surface area contributed by atoms with Gasteiger partial charge in [-0.05, 0) is 43.4 Å². The Kier molecular flexibility index (Phi) is 8.60. The molecule has 0 aliphatic carbocycles. The van der Waals surface area contributed by atoms with E-state index in [1.807, 2.05) is 23.5 Å². The van der Waals surface area contributed by atoms with E-state index in [1.54, 1.807) is 30.6 Å². The second kappa shape index (κ2) is 13.1. The van der Waals surface area contributed by atoms with Crippen molar-refractivity contribution in [1.29, 1.82) is 0 Å². The van der Waals surface area contributed by atoms with Gasteiger partial charge >= 0.3 is 6.61 Å². The third-order valence-corrected chi connectivity index (χ3v) is 9.32. The van der Waals surface area contributed by atoms with Crippen LogP contribution in [0.2, 0.25) is 0 Å². The minimum absolute atomic E-state index is 0.0970. The van der Waals surface area contributed by atoms with Gasteiger partial charge < -0.3 is 19.5 Å². The summed E-state index contributed by atoms with van der Waals surface area (Å²) in [7, 11) is 0. The van der Waals surface area contributed by atoms with Crippen LogP contribution in [0.1, 0.15) is 29.0 Å². The number of piperidine rings is 1. The predicted molar refractivity (Wildman–Crippen MR) is 169 cm³/mol. The van der Waals surface area contributed by atoms with Crippen LogP contribution < -0.4 is 10.1 Å². The molecule has 244 valence electrons. The van der Waals surface area contributed by atoms with Crippen LogP contribution in [0.15, 0.2) is 66.3 Å². The van der Waals surface area contributed by atoms with Crippen molar-refractivity contribution >= 4 is 34.9 Å². The summed E-state index contributed by atoms with van der Waals surface area (Å²) in [5.74, 6) is 0.309. The van der Waals surface area contributed by atoms with Gasteiger partial charge in [0.25, 0.3) is 5.91 Å². The lowest BCUT2D eigenvalue weighted by atomic mass is 10.0. The number of nitrogens with zero attached hydrogens (tertiary/aromatic N) is 9. The molecule has 0 bridgehead atoms. The molecule has 13 nitrogen and oxygen atoms in total. The molecular weight excluding hydrogens is 630 g/mol. The summed E-state index contributed by atoms with van der Waals surface area (Å²) in [4.78, 5) is 40.7. The maximum atomic E-state index is 13.5. The maximum absolute atomic E-state index is 13.5. The van der Waals surface area contributed by atoms with Gasteiger partial charge in [0, 0.05) is 73.7 Å². The molecule has 1 fully saturated rings. The minimum atomic E-state index is -3.07. The average molecular weight is 663 g/mol. The van der Waals surface area contributed by atoms with Crippen molar-refractivity contribution in [1.82, 2.24) is 43.7 Å². The van der Waals surface area contributed by atoms with E-state index in [0.717, 1.165) is 43.2 Å². The van der Waals surface area contributed by atoms with Gasteiger partial charge in [0.05, 0.1) is 18.4 Å². The molecule has 2 amide bonds. The Bertz CT molecular complexity index is 1920. The highest BCUT2D eigenvalue weighted by atomic mass is 32.2. The number of amides is 2. The van der Waals surface area contributed by atoms with Crippen LogP contribution in [0.4, 0.5) is 14.5 Å². The summed E-state index contributed by atoms with van der Waals surface area (Å²) in [5.41, 5.74) is 1.21. The highest BCUT2D eigenvalue weighted by molar-refractivity contribution is 7.98. The molecule has 0 saturated carbocycles. The van der Waals surface area contributed by atoms with E-state index >= 15 is 0 Å². The number of ether oxygens (including phenoxy) is 1. The van der Waals surface area contributed by atoms with Gasteiger partial charge in [-0.2, -0.15) is 19.0 Å². The lowest BCUT2D eigenvalue weighted by Gasteiger charge is -2.40. The number of hydrogen-bond acceptors (Lipinski definition) is 9. The lowest BCUT2D eigenvalue weighted by Crippen LogP contribution is -2.49. The zero-order valence-corrected chi connectivity index (χ0v) is 26.3. The summed E-state index contributed by atoms with van der Waals surface area (Å²) in [6.45, 7) is 0.706. The Hall–Kier alpha value is -4.83. The molecule has 6 heterocycles. The number of likely N-dealkylation sites (tertiary alicyclic amines) is 1. The van der Waals surface area contributed by atoms with E-state index in [4.69, 9.17) is 4.74 Å². The molecular formula is C31H32F2N10O3S. The molecule has 4 aromatic heterocycles. The number of alkyl halides is 2. The number of halogens is 2. The van der Waals surface area contributed by atoms with Crippen molar-refractivity contribution in [3.05, 3.63) is 72.8 Å². The number of anilines is 1. The lowest BCUT2D eigenvalue weighted by molar-refractivity contribution is -0.133. The van der Waals surface area contributed by atoms with Gasteiger partial charge in [-0.15, -0.1) is 11.8 Å². The zero-order chi connectivity index (χ0) is 32.5. The Balaban J connectivity index is 1.12. The third kappa shape index (κ3) is 6.42. The first kappa shape index (κ1) is 30.8. The van der Waals surface area contributed by atoms with Crippen molar-refractivity contribution in [2.45, 2.75) is 50.0 Å². The Morgan fingerprint density at radius 2 is 1.96 bits per heavy atom. The van der Waals surface area contributed by atoms with Crippen molar-refractivity contribution in [3.63, 3.8) is 0 Å². The van der Waals surface area contributed by atoms with Gasteiger partial charge in [-0.25, -0.2) is 14.5 Å². The number of carbonyl (C=O) groups is 2. The number of nitrogens with one attached hydrogen (secondary N) is 1. The predicted octanol–water partition coefficient (Wildman–Crippen LogP) is 3.87. The van der Waals surface area contributed by atoms with E-state index in [1.165, 1.54) is 39.4 Å². The number of carbonyl (C=O) groups excluding carboxylic acids is 2. The number of imidazole rings is 1. The summed E-state index contributed by atoms with van der Waals surface area (Å²) in [5, 5.41) is 11.6. The second-order valence-electron chi connectivity index (χ2n) is 11.3. The summed E-state index contributed by atoms with van der Waals surface area (Å²) in [6.07, 6.45) is 13.5. The van der Waals surface area contributed by atoms with Crippen LogP contribution in [-0.2, 0) is 24.4 Å². The van der Waals surface area contributed by atoms with Crippen LogP contribution >= 0.6 is 11.8 Å². The van der Waals surface area contributed by atoms with Crippen molar-refractivity contribution in [2.24, 2.45) is 0 Å². The number of hydrogen-bond donors (Lipinski definition) is 1. The monoisotopic (exact) mass is 662 g/mol. The van der Waals surface area contributed by atoms with Gasteiger partial charge in [0.1, 0.15) is 29.4 Å². The number of rotatable bonds is 9. The maximum Gasteiger partial charge on any atom is 0.387 e. The smallest absolute Gasteiger partial charge is 0.387 e. The molecule has 0 unspecified atom stereocenters. The fourth-order valence-corrected chi connectivity index (χ4v) is 6.65. The average Bonchev–Trinajstić information content (AvgIpc) is 3.83. The van der Waals surface area contributed by atoms with E-state index in [9.17, 15) is 18.4 Å². The standard InChI is InChI=1S/C31H32F2N10O3S/c1-47-21-3-4-25(46-31(32)33)22(15-21)28-24(37-30(45)23-16-36-43-9-2-7-35-29(23)43)17-42(38-28)19-27(44)40-10-5-20(6-11-40)41-14-13-39-12-8-34-26(39)18-41/h2-4,7-9,12,15-17,20,31H,5-6,10-11,13-14,18-19H2,1H3,(H,37,45). The largest absolute Gasteiger partial charge is 0.434 e. The number of thioether (sulfide) groups is 1. The van der Waals surface area contributed by atoms with Crippen LogP contribution in [0.25, 0.3) is 16.9 Å². The molecule has 0 atom stereocenters. The van der Waals surface area contributed by atoms with Crippen molar-refractivity contribution < 1.29 is 23.1 Å². The molecule has 47 heavy (non-hydrogen) atoms. The molecule has 0 radical (unpaired) electrons. The van der Waals surface area contributed by atoms with Gasteiger partial charge in [-0.1, -0.05) is 0 Å². The van der Waals surface area contributed by atoms with Crippen LogP contribution in [0.3, 0.4) is 0 Å². The summed E-state index contributed by atoms with van der Waals surface area (Å²) in [6, 6.07) is 6.83. The third-order valence-electron chi connectivity index (χ3n) is 8.60. The van der Waals surface area contributed by atoms with E-state index < -0.39 is 12.5 Å². The van der Waals surface area contributed by atoms with Gasteiger partial charge in [0.2, 0.25) is 5.91 Å². The molecule has 2 aliphatic rings. The zero-order valence-electron chi connectivity index (χ0n) is 25.5. The molecule has 0 spiro atoms. The Morgan fingerprint density at radius 1 is 1.11 bits per heavy atom. The van der Waals surface area contributed by atoms with Crippen LogP contribution in [-0.4, -0.2) is 94.1 Å². The molecule has 1 N–H and O–H groups in total. The highest BCUT2D eigenvalue weighted by Gasteiger charge is 2.30. The Morgan fingerprint density at radius 3 is 2.77 bits per heavy atom. The molecule has 1 saturated heterocycles. The molecule has 2 aliphatic heterocycles. The molecule has 1 aromatic carbocycles. The van der Waals surface area contributed by atoms with Crippen molar-refractivity contribution in [2.75, 3.05) is 31.2 Å². The van der Waals surface area contributed by atoms with Gasteiger partial charge in [-0.3, -0.25) is 19.2 Å². The van der Waals surface area contributed by atoms with E-state index in [2.05, 4.69) is 34.9 Å². The molecule has 5 aromatic rings. The summed E-state index contributed by atoms with van der Waals surface area (Å²) < 4.78 is 36.8. The fraction of sp³-hybridized carbons (Fsp3) is 0.355. The number of benzene rings is 1. The van der Waals surface area contributed by atoms with Crippen LogP contribution in [0.5, 0.6) is 5.75 Å². The highest BCUT2D eigenvalue weighted by Crippen LogP contribution is 2.38. The second-order valence-corrected chi connectivity index (χ2v) is 12.2. The topological polar surface area (TPSA) is 128 Å². The minimum Gasteiger partial charge on any atom is -0.434 e. The van der Waals surface area contributed by atoms with E-state index in [0.29, 0.717) is 24.8 Å². The summed E-state index contributed by atoms with van der Waals surface area (Å²) >= 11 is 1.42. The quantitative estimate of drug-likeness (QED) is 0.234.